The molecule has 0 atom stereocenters. The maximum atomic E-state index is 12.4. The van der Waals surface area contributed by atoms with Gasteiger partial charge in [-0.2, -0.15) is 0 Å². The van der Waals surface area contributed by atoms with Crippen LogP contribution in [-0.2, 0) is 14.8 Å². The molecule has 2 rings (SSSR count). The summed E-state index contributed by atoms with van der Waals surface area (Å²) in [7, 11) is -1.97. The Hall–Kier alpha value is -2.54. The highest BCUT2D eigenvalue weighted by Gasteiger charge is 2.19. The molecule has 0 spiro atoms. The molecule has 0 aromatic heterocycles. The fourth-order valence-electron chi connectivity index (χ4n) is 2.70. The van der Waals surface area contributed by atoms with Crippen LogP contribution >= 0.6 is 0 Å². The zero-order valence-corrected chi connectivity index (χ0v) is 17.2. The Bertz CT molecular complexity index is 939. The van der Waals surface area contributed by atoms with Crippen LogP contribution in [0, 0.1) is 20.8 Å². The van der Waals surface area contributed by atoms with Gasteiger partial charge in [0.1, 0.15) is 5.75 Å². The van der Waals surface area contributed by atoms with Gasteiger partial charge in [0.2, 0.25) is 15.9 Å². The molecule has 1 N–H and O–H groups in total. The number of nitrogens with zero attached hydrogens (tertiary/aromatic N) is 1. The van der Waals surface area contributed by atoms with E-state index in [1.165, 1.54) is 11.4 Å². The van der Waals surface area contributed by atoms with E-state index in [-0.39, 0.29) is 18.9 Å². The summed E-state index contributed by atoms with van der Waals surface area (Å²) in [6.07, 6.45) is 1.17. The van der Waals surface area contributed by atoms with Crippen molar-refractivity contribution in [2.75, 3.05) is 29.5 Å². The molecule has 0 radical (unpaired) electrons. The van der Waals surface area contributed by atoms with Crippen molar-refractivity contribution in [3.05, 3.63) is 53.1 Å². The third-order valence-corrected chi connectivity index (χ3v) is 5.54. The molecule has 0 bridgehead atoms. The SMILES string of the molecule is COc1ccc(C)cc1NC(=O)CCN(c1ccc(C)c(C)c1)S(C)(=O)=O. The van der Waals surface area contributed by atoms with Crippen molar-refractivity contribution in [3.8, 4) is 5.75 Å². The highest BCUT2D eigenvalue weighted by Crippen LogP contribution is 2.26. The number of ether oxygens (including phenoxy) is 1. The van der Waals surface area contributed by atoms with Crippen molar-refractivity contribution in [1.82, 2.24) is 0 Å². The Kier molecular flexibility index (Phi) is 6.49. The second kappa shape index (κ2) is 8.43. The van der Waals surface area contributed by atoms with Crippen LogP contribution in [0.4, 0.5) is 11.4 Å². The van der Waals surface area contributed by atoms with E-state index in [0.29, 0.717) is 17.1 Å². The molecule has 27 heavy (non-hydrogen) atoms. The lowest BCUT2D eigenvalue weighted by Gasteiger charge is -2.23. The lowest BCUT2D eigenvalue weighted by molar-refractivity contribution is -0.116. The normalized spacial score (nSPS) is 11.1. The summed E-state index contributed by atoms with van der Waals surface area (Å²) in [6.45, 7) is 5.87. The number of hydrogen-bond donors (Lipinski definition) is 1. The van der Waals surface area contributed by atoms with Crippen molar-refractivity contribution >= 4 is 27.3 Å². The minimum absolute atomic E-state index is 0.0249. The largest absolute Gasteiger partial charge is 0.495 e. The lowest BCUT2D eigenvalue weighted by Crippen LogP contribution is -2.33. The van der Waals surface area contributed by atoms with E-state index in [1.807, 2.05) is 45.0 Å². The van der Waals surface area contributed by atoms with Crippen LogP contribution < -0.4 is 14.4 Å². The van der Waals surface area contributed by atoms with Crippen LogP contribution in [0.15, 0.2) is 36.4 Å². The molecular weight excluding hydrogens is 364 g/mol. The first-order valence-electron chi connectivity index (χ1n) is 8.61. The summed E-state index contributed by atoms with van der Waals surface area (Å²) in [4.78, 5) is 12.4. The topological polar surface area (TPSA) is 75.7 Å². The fraction of sp³-hybridized carbons (Fsp3) is 0.350. The maximum absolute atomic E-state index is 12.4. The average molecular weight is 391 g/mol. The Morgan fingerprint density at radius 2 is 1.78 bits per heavy atom. The number of carbonyl (C=O) groups excluding carboxylic acids is 1. The summed E-state index contributed by atoms with van der Waals surface area (Å²) < 4.78 is 30.9. The van der Waals surface area contributed by atoms with Crippen LogP contribution in [0.5, 0.6) is 5.75 Å². The third kappa shape index (κ3) is 5.47. The zero-order chi connectivity index (χ0) is 20.2. The standard InChI is InChI=1S/C20H26N2O4S/c1-14-6-9-19(26-4)18(12-14)21-20(23)10-11-22(27(5,24)25)17-8-7-15(2)16(3)13-17/h6-9,12-13H,10-11H2,1-5H3,(H,21,23). The predicted molar refractivity (Wildman–Crippen MR) is 109 cm³/mol. The molecule has 0 saturated heterocycles. The first-order valence-corrected chi connectivity index (χ1v) is 10.5. The van der Waals surface area contributed by atoms with Gasteiger partial charge in [-0.15, -0.1) is 0 Å². The molecule has 0 aliphatic heterocycles. The highest BCUT2D eigenvalue weighted by atomic mass is 32.2. The average Bonchev–Trinajstić information content (AvgIpc) is 2.57. The zero-order valence-electron chi connectivity index (χ0n) is 16.4. The van der Waals surface area contributed by atoms with Crippen LogP contribution in [0.2, 0.25) is 0 Å². The van der Waals surface area contributed by atoms with E-state index < -0.39 is 10.0 Å². The number of hydrogen-bond acceptors (Lipinski definition) is 4. The lowest BCUT2D eigenvalue weighted by atomic mass is 10.1. The Morgan fingerprint density at radius 3 is 2.37 bits per heavy atom. The third-order valence-electron chi connectivity index (χ3n) is 4.35. The molecule has 0 unspecified atom stereocenters. The maximum Gasteiger partial charge on any atom is 0.232 e. The number of nitrogens with one attached hydrogen (secondary N) is 1. The number of rotatable bonds is 7. The summed E-state index contributed by atoms with van der Waals surface area (Å²) in [6, 6.07) is 10.9. The highest BCUT2D eigenvalue weighted by molar-refractivity contribution is 7.92. The Morgan fingerprint density at radius 1 is 1.07 bits per heavy atom. The number of amides is 1. The summed E-state index contributed by atoms with van der Waals surface area (Å²) in [5.74, 6) is 0.277. The van der Waals surface area contributed by atoms with Crippen molar-refractivity contribution in [2.24, 2.45) is 0 Å². The van der Waals surface area contributed by atoms with E-state index in [1.54, 1.807) is 12.1 Å². The van der Waals surface area contributed by atoms with Crippen LogP contribution in [0.3, 0.4) is 0 Å². The molecule has 146 valence electrons. The van der Waals surface area contributed by atoms with Gasteiger partial charge in [0.05, 0.1) is 24.7 Å². The molecule has 0 heterocycles. The molecule has 1 amide bonds. The number of sulfonamides is 1. The summed E-state index contributed by atoms with van der Waals surface area (Å²) in [5.41, 5.74) is 4.19. The smallest absolute Gasteiger partial charge is 0.232 e. The molecular formula is C20H26N2O4S. The Labute approximate surface area is 161 Å². The van der Waals surface area contributed by atoms with Crippen LogP contribution in [0.1, 0.15) is 23.1 Å². The number of aryl methyl sites for hydroxylation is 3. The molecule has 0 aliphatic rings. The van der Waals surface area contributed by atoms with Gasteiger partial charge in [-0.3, -0.25) is 9.10 Å². The number of anilines is 2. The van der Waals surface area contributed by atoms with Crippen LogP contribution in [0.25, 0.3) is 0 Å². The second-order valence-electron chi connectivity index (χ2n) is 6.61. The van der Waals surface area contributed by atoms with E-state index in [4.69, 9.17) is 4.74 Å². The van der Waals surface area contributed by atoms with Gasteiger partial charge in [0.25, 0.3) is 0 Å². The monoisotopic (exact) mass is 390 g/mol. The number of carbonyl (C=O) groups is 1. The molecule has 7 heteroatoms. The van der Waals surface area contributed by atoms with E-state index in [9.17, 15) is 13.2 Å². The molecule has 2 aromatic carbocycles. The molecule has 2 aromatic rings. The van der Waals surface area contributed by atoms with Gasteiger partial charge in [-0.05, 0) is 61.7 Å². The minimum Gasteiger partial charge on any atom is -0.495 e. The van der Waals surface area contributed by atoms with Crippen molar-refractivity contribution in [3.63, 3.8) is 0 Å². The van der Waals surface area contributed by atoms with Crippen molar-refractivity contribution in [2.45, 2.75) is 27.2 Å². The molecule has 0 fully saturated rings. The van der Waals surface area contributed by atoms with Gasteiger partial charge < -0.3 is 10.1 Å². The van der Waals surface area contributed by atoms with E-state index in [2.05, 4.69) is 5.32 Å². The van der Waals surface area contributed by atoms with Gasteiger partial charge in [0.15, 0.2) is 0 Å². The van der Waals surface area contributed by atoms with E-state index in [0.717, 1.165) is 22.9 Å². The molecule has 6 nitrogen and oxygen atoms in total. The van der Waals surface area contributed by atoms with Crippen molar-refractivity contribution in [1.29, 1.82) is 0 Å². The van der Waals surface area contributed by atoms with Gasteiger partial charge in [-0.25, -0.2) is 8.42 Å². The number of methoxy groups -OCH3 is 1. The van der Waals surface area contributed by atoms with Crippen LogP contribution in [-0.4, -0.2) is 34.2 Å². The van der Waals surface area contributed by atoms with E-state index >= 15 is 0 Å². The first kappa shape index (κ1) is 20.8. The second-order valence-corrected chi connectivity index (χ2v) is 8.51. The quantitative estimate of drug-likeness (QED) is 0.786. The van der Waals surface area contributed by atoms with Gasteiger partial charge in [-0.1, -0.05) is 12.1 Å². The molecule has 0 aliphatic carbocycles. The van der Waals surface area contributed by atoms with Gasteiger partial charge >= 0.3 is 0 Å². The fourth-order valence-corrected chi connectivity index (χ4v) is 3.62. The predicted octanol–water partition coefficient (Wildman–Crippen LogP) is 3.42. The molecule has 0 saturated carbocycles. The Balaban J connectivity index is 2.14. The first-order chi connectivity index (χ1) is 12.6. The summed E-state index contributed by atoms with van der Waals surface area (Å²) >= 11 is 0. The van der Waals surface area contributed by atoms with Gasteiger partial charge in [0, 0.05) is 13.0 Å². The summed E-state index contributed by atoms with van der Waals surface area (Å²) in [5, 5.41) is 2.80. The minimum atomic E-state index is -3.51. The van der Waals surface area contributed by atoms with Crippen molar-refractivity contribution < 1.29 is 17.9 Å². The number of benzene rings is 2.